The van der Waals surface area contributed by atoms with E-state index < -0.39 is 6.61 Å². The Labute approximate surface area is 133 Å². The summed E-state index contributed by atoms with van der Waals surface area (Å²) in [5, 5.41) is 3.51. The number of benzene rings is 1. The summed E-state index contributed by atoms with van der Waals surface area (Å²) in [5.74, 6) is -0.109. The zero-order chi connectivity index (χ0) is 16.4. The van der Waals surface area contributed by atoms with Crippen LogP contribution in [0.15, 0.2) is 18.2 Å². The first-order chi connectivity index (χ1) is 11.1. The van der Waals surface area contributed by atoms with Crippen LogP contribution in [0.2, 0.25) is 0 Å². The first kappa shape index (κ1) is 16.0. The maximum absolute atomic E-state index is 12.7. The largest absolute Gasteiger partial charge is 0.493 e. The van der Waals surface area contributed by atoms with E-state index in [0.29, 0.717) is 30.7 Å². The third-order valence-electron chi connectivity index (χ3n) is 4.44. The number of halogens is 2. The van der Waals surface area contributed by atoms with Gasteiger partial charge in [-0.3, -0.25) is 4.79 Å². The Bertz CT molecular complexity index is 582. The molecule has 2 bridgehead atoms. The van der Waals surface area contributed by atoms with Crippen molar-refractivity contribution in [2.24, 2.45) is 0 Å². The second-order valence-electron chi connectivity index (χ2n) is 5.92. The summed E-state index contributed by atoms with van der Waals surface area (Å²) in [6, 6.07) is 5.18. The molecule has 1 amide bonds. The molecule has 2 fully saturated rings. The fraction of sp³-hybridized carbons (Fsp3) is 0.562. The van der Waals surface area contributed by atoms with Gasteiger partial charge in [-0.2, -0.15) is 8.78 Å². The molecule has 0 spiro atoms. The van der Waals surface area contributed by atoms with Crippen LogP contribution in [0.4, 0.5) is 8.78 Å². The summed E-state index contributed by atoms with van der Waals surface area (Å²) >= 11 is 0. The van der Waals surface area contributed by atoms with Gasteiger partial charge in [0.1, 0.15) is 0 Å². The lowest BCUT2D eigenvalue weighted by Crippen LogP contribution is -2.39. The van der Waals surface area contributed by atoms with E-state index in [1.807, 2.05) is 0 Å². The van der Waals surface area contributed by atoms with Gasteiger partial charge in [0.2, 0.25) is 0 Å². The van der Waals surface area contributed by atoms with E-state index in [-0.39, 0.29) is 17.4 Å². The molecular weight excluding hydrogens is 306 g/mol. The fourth-order valence-electron chi connectivity index (χ4n) is 3.31. The molecule has 2 atom stereocenters. The number of alkyl halides is 2. The van der Waals surface area contributed by atoms with Gasteiger partial charge in [-0.15, -0.1) is 0 Å². The number of ether oxygens (including phenoxy) is 2. The molecule has 2 unspecified atom stereocenters. The standard InChI is InChI=1S/C16H20F2N2O3/c1-22-13-5-2-10(8-14(13)23-16(17)18)15(21)20-7-6-11-3-4-12(9-20)19-11/h2,5,8,11-12,16,19H,3-4,6-7,9H2,1H3. The third kappa shape index (κ3) is 3.55. The molecule has 2 aliphatic heterocycles. The number of nitrogens with zero attached hydrogens (tertiary/aromatic N) is 1. The van der Waals surface area contributed by atoms with E-state index in [1.165, 1.54) is 19.2 Å². The van der Waals surface area contributed by atoms with Crippen molar-refractivity contribution in [1.82, 2.24) is 10.2 Å². The molecule has 2 aliphatic rings. The average Bonchev–Trinajstić information content (AvgIpc) is 2.85. The lowest BCUT2D eigenvalue weighted by atomic mass is 10.1. The molecule has 126 valence electrons. The van der Waals surface area contributed by atoms with Crippen molar-refractivity contribution in [2.75, 3.05) is 20.2 Å². The summed E-state index contributed by atoms with van der Waals surface area (Å²) in [5.41, 5.74) is 0.333. The smallest absolute Gasteiger partial charge is 0.387 e. The topological polar surface area (TPSA) is 50.8 Å². The Balaban J connectivity index is 1.78. The summed E-state index contributed by atoms with van der Waals surface area (Å²) in [6.45, 7) is -1.65. The highest BCUT2D eigenvalue weighted by Crippen LogP contribution is 2.30. The number of nitrogens with one attached hydrogen (secondary N) is 1. The second kappa shape index (κ2) is 6.70. The fourth-order valence-corrected chi connectivity index (χ4v) is 3.31. The van der Waals surface area contributed by atoms with Crippen molar-refractivity contribution in [1.29, 1.82) is 0 Å². The lowest BCUT2D eigenvalue weighted by Gasteiger charge is -2.24. The number of amides is 1. The van der Waals surface area contributed by atoms with Crippen molar-refractivity contribution in [2.45, 2.75) is 38.0 Å². The molecule has 3 rings (SSSR count). The van der Waals surface area contributed by atoms with E-state index in [1.54, 1.807) is 11.0 Å². The van der Waals surface area contributed by atoms with Gasteiger partial charge in [-0.05, 0) is 37.5 Å². The van der Waals surface area contributed by atoms with Gasteiger partial charge in [0.15, 0.2) is 11.5 Å². The molecule has 0 aliphatic carbocycles. The summed E-state index contributed by atoms with van der Waals surface area (Å²) in [7, 11) is 1.37. The number of hydrogen-bond acceptors (Lipinski definition) is 4. The summed E-state index contributed by atoms with van der Waals surface area (Å²) < 4.78 is 34.4. The monoisotopic (exact) mass is 326 g/mol. The number of rotatable bonds is 4. The zero-order valence-corrected chi connectivity index (χ0v) is 12.9. The van der Waals surface area contributed by atoms with Crippen LogP contribution >= 0.6 is 0 Å². The van der Waals surface area contributed by atoms with Crippen molar-refractivity contribution in [3.8, 4) is 11.5 Å². The summed E-state index contributed by atoms with van der Waals surface area (Å²) in [4.78, 5) is 14.5. The van der Waals surface area contributed by atoms with E-state index in [4.69, 9.17) is 4.74 Å². The molecule has 2 saturated heterocycles. The predicted molar refractivity (Wildman–Crippen MR) is 80.1 cm³/mol. The molecule has 23 heavy (non-hydrogen) atoms. The number of carbonyl (C=O) groups excluding carboxylic acids is 1. The number of hydrogen-bond donors (Lipinski definition) is 1. The molecule has 2 heterocycles. The molecule has 0 radical (unpaired) electrons. The Morgan fingerprint density at radius 1 is 1.26 bits per heavy atom. The minimum atomic E-state index is -2.97. The van der Waals surface area contributed by atoms with Crippen LogP contribution in [0.3, 0.4) is 0 Å². The van der Waals surface area contributed by atoms with Gasteiger partial charge in [0, 0.05) is 30.7 Å². The lowest BCUT2D eigenvalue weighted by molar-refractivity contribution is -0.0512. The molecule has 7 heteroatoms. The van der Waals surface area contributed by atoms with E-state index >= 15 is 0 Å². The Hall–Kier alpha value is -1.89. The van der Waals surface area contributed by atoms with E-state index in [0.717, 1.165) is 19.3 Å². The number of fused-ring (bicyclic) bond motifs is 2. The molecular formula is C16H20F2N2O3. The molecule has 1 aromatic rings. The number of methoxy groups -OCH3 is 1. The van der Waals surface area contributed by atoms with Gasteiger partial charge in [-0.25, -0.2) is 0 Å². The molecule has 1 aromatic carbocycles. The number of likely N-dealkylation sites (tertiary alicyclic amines) is 1. The van der Waals surface area contributed by atoms with E-state index in [2.05, 4.69) is 10.1 Å². The van der Waals surface area contributed by atoms with Crippen LogP contribution in [0.1, 0.15) is 29.6 Å². The molecule has 1 N–H and O–H groups in total. The van der Waals surface area contributed by atoms with Crippen molar-refractivity contribution in [3.05, 3.63) is 23.8 Å². The molecule has 0 saturated carbocycles. The maximum Gasteiger partial charge on any atom is 0.387 e. The highest BCUT2D eigenvalue weighted by atomic mass is 19.3. The summed E-state index contributed by atoms with van der Waals surface area (Å²) in [6.07, 6.45) is 3.14. The Morgan fingerprint density at radius 2 is 2.04 bits per heavy atom. The van der Waals surface area contributed by atoms with Crippen molar-refractivity contribution < 1.29 is 23.0 Å². The van der Waals surface area contributed by atoms with Crippen molar-refractivity contribution in [3.63, 3.8) is 0 Å². The quantitative estimate of drug-likeness (QED) is 0.922. The SMILES string of the molecule is COc1ccc(C(=O)N2CCC3CCC(C2)N3)cc1OC(F)F. The first-order valence-electron chi connectivity index (χ1n) is 7.75. The van der Waals surface area contributed by atoms with Crippen molar-refractivity contribution >= 4 is 5.91 Å². The first-order valence-corrected chi connectivity index (χ1v) is 7.75. The van der Waals surface area contributed by atoms with Crippen LogP contribution in [-0.2, 0) is 0 Å². The maximum atomic E-state index is 12.7. The minimum Gasteiger partial charge on any atom is -0.493 e. The molecule has 0 aromatic heterocycles. The number of carbonyl (C=O) groups is 1. The van der Waals surface area contributed by atoms with Crippen LogP contribution < -0.4 is 14.8 Å². The highest BCUT2D eigenvalue weighted by molar-refractivity contribution is 5.95. The predicted octanol–water partition coefficient (Wildman–Crippen LogP) is 2.26. The minimum absolute atomic E-state index is 0.122. The second-order valence-corrected chi connectivity index (χ2v) is 5.92. The highest BCUT2D eigenvalue weighted by Gasteiger charge is 2.31. The van der Waals surface area contributed by atoms with E-state index in [9.17, 15) is 13.6 Å². The van der Waals surface area contributed by atoms with Gasteiger partial charge in [-0.1, -0.05) is 0 Å². The Morgan fingerprint density at radius 3 is 2.78 bits per heavy atom. The Kier molecular flexibility index (Phi) is 4.66. The van der Waals surface area contributed by atoms with Gasteiger partial charge >= 0.3 is 6.61 Å². The van der Waals surface area contributed by atoms with Crippen LogP contribution in [0.25, 0.3) is 0 Å². The van der Waals surface area contributed by atoms with Gasteiger partial charge < -0.3 is 19.7 Å². The molecule has 5 nitrogen and oxygen atoms in total. The third-order valence-corrected chi connectivity index (χ3v) is 4.44. The normalized spacial score (nSPS) is 23.7. The van der Waals surface area contributed by atoms with Gasteiger partial charge in [0.05, 0.1) is 7.11 Å². The van der Waals surface area contributed by atoms with Gasteiger partial charge in [0.25, 0.3) is 5.91 Å². The van der Waals surface area contributed by atoms with Crippen LogP contribution in [0, 0.1) is 0 Å². The zero-order valence-electron chi connectivity index (χ0n) is 12.9. The van der Waals surface area contributed by atoms with Crippen LogP contribution in [0.5, 0.6) is 11.5 Å². The average molecular weight is 326 g/mol. The van der Waals surface area contributed by atoms with Crippen LogP contribution in [-0.4, -0.2) is 49.7 Å².